The second-order valence-corrected chi connectivity index (χ2v) is 5.73. The van der Waals surface area contributed by atoms with Crippen molar-refractivity contribution in [1.29, 1.82) is 0 Å². The van der Waals surface area contributed by atoms with Crippen molar-refractivity contribution in [2.45, 2.75) is 19.8 Å². The first-order valence-corrected chi connectivity index (χ1v) is 6.85. The van der Waals surface area contributed by atoms with Crippen LogP contribution in [0.25, 0.3) is 0 Å². The predicted molar refractivity (Wildman–Crippen MR) is 73.5 cm³/mol. The van der Waals surface area contributed by atoms with Gasteiger partial charge >= 0.3 is 6.03 Å². The van der Waals surface area contributed by atoms with Crippen LogP contribution in [0.3, 0.4) is 0 Å². The van der Waals surface area contributed by atoms with Gasteiger partial charge in [-0.1, -0.05) is 19.1 Å². The Balaban J connectivity index is 1.89. The smallest absolute Gasteiger partial charge is 0.320 e. The van der Waals surface area contributed by atoms with E-state index in [9.17, 15) is 4.79 Å². The fourth-order valence-corrected chi connectivity index (χ4v) is 2.60. The summed E-state index contributed by atoms with van der Waals surface area (Å²) < 4.78 is 5.26. The lowest BCUT2D eigenvalue weighted by Gasteiger charge is -2.41. The number of morpholine rings is 1. The number of carbonyl (C=O) groups excluding carboxylic acids is 1. The molecule has 0 spiro atoms. The van der Waals surface area contributed by atoms with Gasteiger partial charge in [0, 0.05) is 31.6 Å². The maximum Gasteiger partial charge on any atom is 0.320 e. The molecule has 0 aromatic carbocycles. The maximum atomic E-state index is 12.3. The van der Waals surface area contributed by atoms with Gasteiger partial charge in [0.15, 0.2) is 0 Å². The molecule has 2 N–H and O–H groups in total. The molecule has 0 atom stereocenters. The molecular weight excluding hydrogens is 250 g/mol. The van der Waals surface area contributed by atoms with Crippen LogP contribution in [0.2, 0.25) is 0 Å². The first-order chi connectivity index (χ1) is 8.53. The summed E-state index contributed by atoms with van der Waals surface area (Å²) in [5, 5.41) is 0. The van der Waals surface area contributed by atoms with Crippen molar-refractivity contribution in [3.8, 4) is 0 Å². The molecule has 102 valence electrons. The number of hydrogen-bond acceptors (Lipinski definition) is 3. The second kappa shape index (κ2) is 5.40. The predicted octanol–water partition coefficient (Wildman–Crippen LogP) is 0.827. The molecule has 5 nitrogen and oxygen atoms in total. The first kappa shape index (κ1) is 13.5. The number of urea groups is 1. The summed E-state index contributed by atoms with van der Waals surface area (Å²) in [5.74, 6) is 0. The summed E-state index contributed by atoms with van der Waals surface area (Å²) in [7, 11) is 0. The third kappa shape index (κ3) is 2.75. The second-order valence-electron chi connectivity index (χ2n) is 5.29. The average molecular weight is 271 g/mol. The summed E-state index contributed by atoms with van der Waals surface area (Å²) in [5.41, 5.74) is 5.68. The number of thiocarbonyl (C=S) groups is 1. The molecule has 2 heterocycles. The molecule has 2 amide bonds. The standard InChI is InChI=1S/C12H21N3O2S/c1-12(10(13)18)2-4-14(5-3-12)11(16)15-6-8-17-9-7-15/h2-9H2,1H3,(H2,13,18). The number of nitrogens with two attached hydrogens (primary N) is 1. The monoisotopic (exact) mass is 271 g/mol. The Morgan fingerprint density at radius 2 is 1.67 bits per heavy atom. The minimum atomic E-state index is -0.0862. The van der Waals surface area contributed by atoms with Gasteiger partial charge in [0.2, 0.25) is 0 Å². The largest absolute Gasteiger partial charge is 0.393 e. The molecule has 2 saturated heterocycles. The quantitative estimate of drug-likeness (QED) is 0.718. The first-order valence-electron chi connectivity index (χ1n) is 6.44. The molecule has 0 saturated carbocycles. The number of nitrogens with zero attached hydrogens (tertiary/aromatic N) is 2. The Morgan fingerprint density at radius 3 is 2.17 bits per heavy atom. The Kier molecular flexibility index (Phi) is 4.07. The van der Waals surface area contributed by atoms with Gasteiger partial charge in [0.1, 0.15) is 0 Å². The van der Waals surface area contributed by atoms with E-state index in [1.807, 2.05) is 9.80 Å². The van der Waals surface area contributed by atoms with E-state index in [0.29, 0.717) is 31.3 Å². The fraction of sp³-hybridized carbons (Fsp3) is 0.833. The van der Waals surface area contributed by atoms with E-state index in [1.165, 1.54) is 0 Å². The Bertz CT molecular complexity index is 334. The highest BCUT2D eigenvalue weighted by Crippen LogP contribution is 2.31. The Morgan fingerprint density at radius 1 is 1.17 bits per heavy atom. The van der Waals surface area contributed by atoms with E-state index in [0.717, 1.165) is 25.9 Å². The number of piperidine rings is 1. The van der Waals surface area contributed by atoms with Gasteiger partial charge in [-0.2, -0.15) is 0 Å². The normalized spacial score (nSPS) is 23.8. The van der Waals surface area contributed by atoms with Gasteiger partial charge in [-0.05, 0) is 12.8 Å². The summed E-state index contributed by atoms with van der Waals surface area (Å²) in [6.07, 6.45) is 1.72. The maximum absolute atomic E-state index is 12.3. The molecule has 6 heteroatoms. The highest BCUT2D eigenvalue weighted by atomic mass is 32.1. The van der Waals surface area contributed by atoms with E-state index < -0.39 is 0 Å². The van der Waals surface area contributed by atoms with E-state index >= 15 is 0 Å². The van der Waals surface area contributed by atoms with Crippen LogP contribution in [0.4, 0.5) is 4.79 Å². The minimum absolute atomic E-state index is 0.0862. The average Bonchev–Trinajstić information content (AvgIpc) is 2.40. The number of likely N-dealkylation sites (tertiary alicyclic amines) is 1. The Labute approximate surface area is 113 Å². The summed E-state index contributed by atoms with van der Waals surface area (Å²) in [6.45, 7) is 6.25. The van der Waals surface area contributed by atoms with Gasteiger partial charge in [-0.25, -0.2) is 4.79 Å². The third-order valence-electron chi connectivity index (χ3n) is 4.01. The van der Waals surface area contributed by atoms with Gasteiger partial charge < -0.3 is 20.3 Å². The van der Waals surface area contributed by atoms with Crippen LogP contribution in [-0.4, -0.2) is 60.2 Å². The van der Waals surface area contributed by atoms with Crippen molar-refractivity contribution >= 4 is 23.2 Å². The Hall–Kier alpha value is -0.880. The molecule has 2 fully saturated rings. The zero-order valence-electron chi connectivity index (χ0n) is 10.9. The van der Waals surface area contributed by atoms with Crippen molar-refractivity contribution in [3.05, 3.63) is 0 Å². The van der Waals surface area contributed by atoms with Crippen LogP contribution < -0.4 is 5.73 Å². The number of carbonyl (C=O) groups is 1. The molecule has 2 rings (SSSR count). The van der Waals surface area contributed by atoms with Crippen molar-refractivity contribution in [2.75, 3.05) is 39.4 Å². The molecule has 0 aliphatic carbocycles. The summed E-state index contributed by atoms with van der Waals surface area (Å²) in [6, 6.07) is 0.128. The van der Waals surface area contributed by atoms with Gasteiger partial charge in [-0.3, -0.25) is 0 Å². The number of rotatable bonds is 1. The summed E-state index contributed by atoms with van der Waals surface area (Å²) >= 11 is 5.11. The third-order valence-corrected chi connectivity index (χ3v) is 4.51. The lowest BCUT2D eigenvalue weighted by molar-refractivity contribution is 0.0391. The number of amides is 2. The van der Waals surface area contributed by atoms with Crippen LogP contribution in [0.15, 0.2) is 0 Å². The fourth-order valence-electron chi connectivity index (χ4n) is 2.39. The molecule has 0 unspecified atom stereocenters. The van der Waals surface area contributed by atoms with Crippen LogP contribution in [0.1, 0.15) is 19.8 Å². The van der Waals surface area contributed by atoms with E-state index in [4.69, 9.17) is 22.7 Å². The summed E-state index contributed by atoms with van der Waals surface area (Å²) in [4.78, 5) is 16.6. The molecular formula is C12H21N3O2S. The van der Waals surface area contributed by atoms with Crippen LogP contribution in [0.5, 0.6) is 0 Å². The molecule has 18 heavy (non-hydrogen) atoms. The molecule has 0 aromatic heterocycles. The van der Waals surface area contributed by atoms with Crippen molar-refractivity contribution in [2.24, 2.45) is 11.1 Å². The lowest BCUT2D eigenvalue weighted by atomic mass is 9.80. The van der Waals surface area contributed by atoms with Crippen molar-refractivity contribution in [3.63, 3.8) is 0 Å². The molecule has 0 bridgehead atoms. The van der Waals surface area contributed by atoms with E-state index in [-0.39, 0.29) is 11.4 Å². The minimum Gasteiger partial charge on any atom is -0.393 e. The van der Waals surface area contributed by atoms with Crippen molar-refractivity contribution in [1.82, 2.24) is 9.80 Å². The zero-order valence-corrected chi connectivity index (χ0v) is 11.7. The van der Waals surface area contributed by atoms with Gasteiger partial charge in [-0.15, -0.1) is 0 Å². The molecule has 0 aromatic rings. The van der Waals surface area contributed by atoms with E-state index in [2.05, 4.69) is 6.92 Å². The van der Waals surface area contributed by atoms with Crippen LogP contribution in [0, 0.1) is 5.41 Å². The van der Waals surface area contributed by atoms with Crippen LogP contribution >= 0.6 is 12.2 Å². The zero-order chi connectivity index (χ0) is 13.2. The highest BCUT2D eigenvalue weighted by Gasteiger charge is 2.35. The number of hydrogen-bond donors (Lipinski definition) is 1. The molecule has 2 aliphatic heterocycles. The number of ether oxygens (including phenoxy) is 1. The van der Waals surface area contributed by atoms with Crippen LogP contribution in [-0.2, 0) is 4.74 Å². The van der Waals surface area contributed by atoms with Gasteiger partial charge in [0.05, 0.1) is 18.2 Å². The highest BCUT2D eigenvalue weighted by molar-refractivity contribution is 7.80. The topological polar surface area (TPSA) is 58.8 Å². The molecule has 0 radical (unpaired) electrons. The lowest BCUT2D eigenvalue weighted by Crippen LogP contribution is -2.53. The van der Waals surface area contributed by atoms with E-state index in [1.54, 1.807) is 0 Å². The van der Waals surface area contributed by atoms with Crippen molar-refractivity contribution < 1.29 is 9.53 Å². The SMILES string of the molecule is CC1(C(N)=S)CCN(C(=O)N2CCOCC2)CC1. The molecule has 2 aliphatic rings. The van der Waals surface area contributed by atoms with Gasteiger partial charge in [0.25, 0.3) is 0 Å².